The molecule has 0 spiro atoms. The van der Waals surface area contributed by atoms with Crippen molar-refractivity contribution in [2.24, 2.45) is 0 Å². The number of nitrogens with zero attached hydrogens (tertiary/aromatic N) is 2. The van der Waals surface area contributed by atoms with Crippen LogP contribution in [0.5, 0.6) is 5.75 Å². The molecule has 0 fully saturated rings. The summed E-state index contributed by atoms with van der Waals surface area (Å²) < 4.78 is 10.4. The third kappa shape index (κ3) is 7.33. The normalized spacial score (nSPS) is 10.6. The van der Waals surface area contributed by atoms with Crippen LogP contribution >= 0.6 is 11.3 Å². The number of anilines is 1. The lowest BCUT2D eigenvalue weighted by atomic mass is 10.2. The minimum absolute atomic E-state index is 0.0591. The van der Waals surface area contributed by atoms with E-state index in [4.69, 9.17) is 9.47 Å². The van der Waals surface area contributed by atoms with Crippen molar-refractivity contribution in [2.75, 3.05) is 39.2 Å². The number of rotatable bonds is 11. The van der Waals surface area contributed by atoms with Gasteiger partial charge in [-0.25, -0.2) is 4.79 Å². The highest BCUT2D eigenvalue weighted by molar-refractivity contribution is 7.10. The van der Waals surface area contributed by atoms with Crippen molar-refractivity contribution in [3.05, 3.63) is 82.0 Å². The van der Waals surface area contributed by atoms with Crippen LogP contribution in [0.15, 0.2) is 66.0 Å². The van der Waals surface area contributed by atoms with Crippen molar-refractivity contribution < 1.29 is 19.1 Å². The van der Waals surface area contributed by atoms with Gasteiger partial charge in [-0.3, -0.25) is 4.79 Å². The first-order valence-electron chi connectivity index (χ1n) is 11.0. The number of benzene rings is 2. The highest BCUT2D eigenvalue weighted by Gasteiger charge is 2.23. The molecule has 8 heteroatoms. The zero-order valence-electron chi connectivity index (χ0n) is 19.8. The minimum atomic E-state index is -0.370. The zero-order chi connectivity index (χ0) is 24.3. The van der Waals surface area contributed by atoms with Crippen molar-refractivity contribution in [1.82, 2.24) is 9.80 Å². The van der Waals surface area contributed by atoms with Crippen LogP contribution in [0.4, 0.5) is 10.5 Å². The van der Waals surface area contributed by atoms with E-state index in [1.165, 1.54) is 4.90 Å². The van der Waals surface area contributed by atoms with Crippen LogP contribution in [0, 0.1) is 6.92 Å². The molecule has 2 aromatic carbocycles. The van der Waals surface area contributed by atoms with E-state index in [0.717, 1.165) is 16.0 Å². The number of methoxy groups -OCH3 is 2. The van der Waals surface area contributed by atoms with Gasteiger partial charge in [0.15, 0.2) is 0 Å². The highest BCUT2D eigenvalue weighted by atomic mass is 32.1. The number of ether oxygens (including phenoxy) is 2. The molecular weight excluding hydrogens is 450 g/mol. The zero-order valence-corrected chi connectivity index (χ0v) is 20.6. The number of hydrogen-bond acceptors (Lipinski definition) is 5. The summed E-state index contributed by atoms with van der Waals surface area (Å²) in [6.45, 7) is 3.55. The molecule has 0 aliphatic rings. The topological polar surface area (TPSA) is 71.1 Å². The van der Waals surface area contributed by atoms with E-state index < -0.39 is 0 Å². The van der Waals surface area contributed by atoms with Gasteiger partial charge in [-0.05, 0) is 41.6 Å². The Balaban J connectivity index is 1.76. The molecule has 34 heavy (non-hydrogen) atoms. The van der Waals surface area contributed by atoms with Crippen molar-refractivity contribution >= 4 is 29.0 Å². The number of carbonyl (C=O) groups excluding carboxylic acids is 2. The molecule has 0 bridgehead atoms. The minimum Gasteiger partial charge on any atom is -0.497 e. The van der Waals surface area contributed by atoms with Gasteiger partial charge < -0.3 is 24.6 Å². The van der Waals surface area contributed by atoms with Crippen LogP contribution in [0.1, 0.15) is 16.0 Å². The maximum atomic E-state index is 13.5. The van der Waals surface area contributed by atoms with Crippen LogP contribution < -0.4 is 10.1 Å². The number of nitrogens with one attached hydrogen (secondary N) is 1. The second kappa shape index (κ2) is 12.8. The first-order chi connectivity index (χ1) is 16.5. The number of urea groups is 1. The maximum Gasteiger partial charge on any atom is 0.322 e. The number of aryl methyl sites for hydroxylation is 1. The number of thiophene rings is 1. The summed E-state index contributed by atoms with van der Waals surface area (Å²) in [6, 6.07) is 18.7. The molecule has 7 nitrogen and oxygen atoms in total. The third-order valence-corrected chi connectivity index (χ3v) is 6.38. The van der Waals surface area contributed by atoms with Gasteiger partial charge in [-0.15, -0.1) is 11.3 Å². The standard InChI is InChI=1S/C26H31N3O4S/c1-20-12-15-34-24(20)18-29(17-21-8-5-4-6-9-21)25(30)19-28(13-14-32-2)26(31)27-22-10-7-11-23(16-22)33-3/h4-12,15-16H,13-14,17-19H2,1-3H3,(H,27,31). The molecule has 1 heterocycles. The van der Waals surface area contributed by atoms with Gasteiger partial charge in [0.1, 0.15) is 12.3 Å². The monoisotopic (exact) mass is 481 g/mol. The highest BCUT2D eigenvalue weighted by Crippen LogP contribution is 2.20. The van der Waals surface area contributed by atoms with E-state index in [1.807, 2.05) is 42.6 Å². The molecule has 180 valence electrons. The van der Waals surface area contributed by atoms with E-state index in [-0.39, 0.29) is 25.0 Å². The molecule has 1 aromatic heterocycles. The Morgan fingerprint density at radius 2 is 1.76 bits per heavy atom. The van der Waals surface area contributed by atoms with Crippen LogP contribution in [0.25, 0.3) is 0 Å². The summed E-state index contributed by atoms with van der Waals surface area (Å²) in [4.78, 5) is 30.9. The average molecular weight is 482 g/mol. The fourth-order valence-corrected chi connectivity index (χ4v) is 4.32. The smallest absolute Gasteiger partial charge is 0.322 e. The lowest BCUT2D eigenvalue weighted by molar-refractivity contribution is -0.133. The summed E-state index contributed by atoms with van der Waals surface area (Å²) in [5.74, 6) is 0.506. The van der Waals surface area contributed by atoms with E-state index in [0.29, 0.717) is 31.1 Å². The summed E-state index contributed by atoms with van der Waals surface area (Å²) in [6.07, 6.45) is 0. The molecule has 1 N–H and O–H groups in total. The van der Waals surface area contributed by atoms with Gasteiger partial charge in [0.25, 0.3) is 0 Å². The van der Waals surface area contributed by atoms with Crippen LogP contribution in [-0.4, -0.2) is 55.7 Å². The summed E-state index contributed by atoms with van der Waals surface area (Å²) in [5.41, 5.74) is 2.78. The first-order valence-corrected chi connectivity index (χ1v) is 11.9. The van der Waals surface area contributed by atoms with Crippen molar-refractivity contribution in [1.29, 1.82) is 0 Å². The largest absolute Gasteiger partial charge is 0.497 e. The van der Waals surface area contributed by atoms with Crippen LogP contribution in [0.3, 0.4) is 0 Å². The maximum absolute atomic E-state index is 13.5. The van der Waals surface area contributed by atoms with Crippen LogP contribution in [0.2, 0.25) is 0 Å². The second-order valence-corrected chi connectivity index (χ2v) is 8.84. The Kier molecular flexibility index (Phi) is 9.49. The van der Waals surface area contributed by atoms with Gasteiger partial charge in [0.2, 0.25) is 5.91 Å². The Hall–Kier alpha value is -3.36. The molecule has 0 aliphatic heterocycles. The van der Waals surface area contributed by atoms with E-state index in [1.54, 1.807) is 54.7 Å². The summed E-state index contributed by atoms with van der Waals surface area (Å²) in [5, 5.41) is 4.89. The molecule has 3 aromatic rings. The van der Waals surface area contributed by atoms with Gasteiger partial charge in [-0.1, -0.05) is 36.4 Å². The Morgan fingerprint density at radius 1 is 0.971 bits per heavy atom. The number of amides is 3. The van der Waals surface area contributed by atoms with Crippen molar-refractivity contribution in [3.8, 4) is 5.75 Å². The lowest BCUT2D eigenvalue weighted by Crippen LogP contribution is -2.45. The molecule has 0 radical (unpaired) electrons. The van der Waals surface area contributed by atoms with E-state index in [9.17, 15) is 9.59 Å². The van der Waals surface area contributed by atoms with Gasteiger partial charge in [0.05, 0.1) is 20.3 Å². The predicted octanol–water partition coefficient (Wildman–Crippen LogP) is 4.77. The van der Waals surface area contributed by atoms with E-state index in [2.05, 4.69) is 11.4 Å². The van der Waals surface area contributed by atoms with Crippen molar-refractivity contribution in [2.45, 2.75) is 20.0 Å². The molecule has 0 atom stereocenters. The van der Waals surface area contributed by atoms with Gasteiger partial charge in [0, 0.05) is 36.8 Å². The fraction of sp³-hybridized carbons (Fsp3) is 0.308. The molecule has 3 amide bonds. The summed E-state index contributed by atoms with van der Waals surface area (Å²) in [7, 11) is 3.14. The molecule has 3 rings (SSSR count). The molecular formula is C26H31N3O4S. The van der Waals surface area contributed by atoms with Crippen LogP contribution in [-0.2, 0) is 22.6 Å². The lowest BCUT2D eigenvalue weighted by Gasteiger charge is -2.28. The molecule has 0 saturated heterocycles. The summed E-state index contributed by atoms with van der Waals surface area (Å²) >= 11 is 1.63. The first kappa shape index (κ1) is 25.3. The quantitative estimate of drug-likeness (QED) is 0.428. The molecule has 0 saturated carbocycles. The predicted molar refractivity (Wildman–Crippen MR) is 135 cm³/mol. The number of hydrogen-bond donors (Lipinski definition) is 1. The van der Waals surface area contributed by atoms with Crippen molar-refractivity contribution in [3.63, 3.8) is 0 Å². The van der Waals surface area contributed by atoms with E-state index >= 15 is 0 Å². The van der Waals surface area contributed by atoms with Gasteiger partial charge in [-0.2, -0.15) is 0 Å². The average Bonchev–Trinajstić information content (AvgIpc) is 3.26. The second-order valence-electron chi connectivity index (χ2n) is 7.84. The Bertz CT molecular complexity index is 1070. The third-order valence-electron chi connectivity index (χ3n) is 5.37. The molecule has 0 aliphatic carbocycles. The molecule has 0 unspecified atom stereocenters. The Morgan fingerprint density at radius 3 is 2.44 bits per heavy atom. The SMILES string of the molecule is COCCN(CC(=O)N(Cc1ccccc1)Cc1sccc1C)C(=O)Nc1cccc(OC)c1. The Labute approximate surface area is 204 Å². The number of carbonyl (C=O) groups is 2. The fourth-order valence-electron chi connectivity index (χ4n) is 3.40. The van der Waals surface area contributed by atoms with Gasteiger partial charge >= 0.3 is 6.03 Å².